The second-order valence-electron chi connectivity index (χ2n) is 9.23. The van der Waals surface area contributed by atoms with Crippen molar-refractivity contribution in [3.8, 4) is 0 Å². The molecule has 5 rings (SSSR count). The van der Waals surface area contributed by atoms with Crippen molar-refractivity contribution < 1.29 is 14.3 Å². The van der Waals surface area contributed by atoms with Gasteiger partial charge in [0.25, 0.3) is 0 Å². The maximum Gasteiger partial charge on any atom is 0.172 e. The molecule has 3 nitrogen and oxygen atoms in total. The summed E-state index contributed by atoms with van der Waals surface area (Å²) >= 11 is 0. The highest BCUT2D eigenvalue weighted by Crippen LogP contribution is 2.61. The van der Waals surface area contributed by atoms with E-state index in [0.717, 1.165) is 45.3 Å². The van der Waals surface area contributed by atoms with Crippen LogP contribution in [0, 0.1) is 23.2 Å². The van der Waals surface area contributed by atoms with Gasteiger partial charge in [0.1, 0.15) is 5.78 Å². The van der Waals surface area contributed by atoms with Crippen molar-refractivity contribution >= 4 is 5.78 Å². The Morgan fingerprint density at radius 1 is 1.16 bits per heavy atom. The van der Waals surface area contributed by atoms with E-state index in [2.05, 4.69) is 13.0 Å². The first kappa shape index (κ1) is 16.3. The fourth-order valence-corrected chi connectivity index (χ4v) is 6.96. The highest BCUT2D eigenvalue weighted by Gasteiger charge is 2.54. The molecule has 1 heterocycles. The lowest BCUT2D eigenvalue weighted by atomic mass is 9.57. The van der Waals surface area contributed by atoms with Crippen molar-refractivity contribution in [1.82, 2.24) is 0 Å². The Balaban J connectivity index is 1.47. The van der Waals surface area contributed by atoms with Gasteiger partial charge in [-0.1, -0.05) is 18.6 Å². The Hall–Kier alpha value is -0.930. The van der Waals surface area contributed by atoms with Crippen LogP contribution >= 0.6 is 0 Å². The molecule has 1 saturated carbocycles. The topological polar surface area (TPSA) is 35.5 Å². The molecule has 3 unspecified atom stereocenters. The Morgan fingerprint density at radius 3 is 2.72 bits per heavy atom. The first-order chi connectivity index (χ1) is 12.0. The molecule has 3 heteroatoms. The van der Waals surface area contributed by atoms with Crippen molar-refractivity contribution in [3.63, 3.8) is 0 Å². The molecule has 1 spiro atoms. The predicted octanol–water partition coefficient (Wildman–Crippen LogP) is 4.57. The summed E-state index contributed by atoms with van der Waals surface area (Å²) in [5.74, 6) is 1.77. The molecule has 0 amide bonds. The van der Waals surface area contributed by atoms with E-state index in [0.29, 0.717) is 17.6 Å². The molecular formula is C22H30O3. The molecule has 0 radical (unpaired) electrons. The zero-order chi connectivity index (χ0) is 17.2. The summed E-state index contributed by atoms with van der Waals surface area (Å²) in [6, 6.07) is 0. The van der Waals surface area contributed by atoms with Crippen LogP contribution < -0.4 is 0 Å². The van der Waals surface area contributed by atoms with Crippen molar-refractivity contribution in [1.29, 1.82) is 0 Å². The highest BCUT2D eigenvalue weighted by atomic mass is 16.7. The molecule has 0 aromatic rings. The molecule has 25 heavy (non-hydrogen) atoms. The van der Waals surface area contributed by atoms with Crippen LogP contribution in [0.2, 0.25) is 0 Å². The zero-order valence-electron chi connectivity index (χ0n) is 15.6. The van der Waals surface area contributed by atoms with E-state index in [4.69, 9.17) is 9.47 Å². The molecule has 0 N–H and O–H groups in total. The molecule has 2 fully saturated rings. The monoisotopic (exact) mass is 342 g/mol. The average molecular weight is 342 g/mol. The smallest absolute Gasteiger partial charge is 0.172 e. The Bertz CT molecular complexity index is 667. The Morgan fingerprint density at radius 2 is 1.96 bits per heavy atom. The van der Waals surface area contributed by atoms with Gasteiger partial charge in [-0.25, -0.2) is 0 Å². The van der Waals surface area contributed by atoms with Crippen molar-refractivity contribution in [2.45, 2.75) is 71.0 Å². The number of Topliss-reactive ketones (excluding diaryl/α,β-unsaturated/α-hetero) is 1. The third kappa shape index (κ3) is 2.28. The van der Waals surface area contributed by atoms with Gasteiger partial charge in [-0.05, 0) is 73.8 Å². The molecule has 0 aromatic carbocycles. The van der Waals surface area contributed by atoms with Gasteiger partial charge in [-0.2, -0.15) is 0 Å². The lowest BCUT2D eigenvalue weighted by Gasteiger charge is -2.48. The van der Waals surface area contributed by atoms with Crippen LogP contribution in [0.25, 0.3) is 0 Å². The summed E-state index contributed by atoms with van der Waals surface area (Å²) in [5.41, 5.74) is 5.07. The minimum Gasteiger partial charge on any atom is -0.347 e. The van der Waals surface area contributed by atoms with Crippen LogP contribution in [-0.2, 0) is 14.3 Å². The van der Waals surface area contributed by atoms with Gasteiger partial charge in [0, 0.05) is 18.8 Å². The normalized spacial score (nSPS) is 42.0. The van der Waals surface area contributed by atoms with Crippen LogP contribution in [0.15, 0.2) is 22.8 Å². The van der Waals surface area contributed by atoms with E-state index < -0.39 is 0 Å². The summed E-state index contributed by atoms with van der Waals surface area (Å²) in [4.78, 5) is 12.2. The number of allylic oxidation sites excluding steroid dienone is 3. The van der Waals surface area contributed by atoms with Gasteiger partial charge in [0.15, 0.2) is 5.79 Å². The first-order valence-electron chi connectivity index (χ1n) is 10.2. The van der Waals surface area contributed by atoms with E-state index in [1.165, 1.54) is 19.3 Å². The third-order valence-electron chi connectivity index (χ3n) is 8.13. The fraction of sp³-hybridized carbons (Fsp3) is 0.773. The van der Waals surface area contributed by atoms with Crippen molar-refractivity contribution in [3.05, 3.63) is 22.8 Å². The van der Waals surface area contributed by atoms with Crippen LogP contribution in [-0.4, -0.2) is 24.8 Å². The van der Waals surface area contributed by atoms with Crippen LogP contribution in [0.4, 0.5) is 0 Å². The predicted molar refractivity (Wildman–Crippen MR) is 95.9 cm³/mol. The van der Waals surface area contributed by atoms with E-state index in [9.17, 15) is 4.79 Å². The average Bonchev–Trinajstić information content (AvgIpc) is 3.18. The third-order valence-corrected chi connectivity index (χ3v) is 8.13. The molecule has 0 aromatic heterocycles. The minimum absolute atomic E-state index is 0.200. The number of ketones is 1. The number of fused-ring (bicyclic) bond motifs is 4. The van der Waals surface area contributed by atoms with Crippen LogP contribution in [0.5, 0.6) is 0 Å². The Labute approximate surface area is 150 Å². The maximum atomic E-state index is 12.2. The molecule has 4 aliphatic carbocycles. The number of carbonyl (C=O) groups is 1. The van der Waals surface area contributed by atoms with Gasteiger partial charge in [0.2, 0.25) is 0 Å². The second kappa shape index (κ2) is 5.53. The summed E-state index contributed by atoms with van der Waals surface area (Å²) in [5, 5.41) is 0. The SMILES string of the molecule is CC(=O)C1CCC2C3CCC4=C(CCC5(C4)OCCO5)C3=CC[C@]12C. The summed E-state index contributed by atoms with van der Waals surface area (Å²) in [6.07, 6.45) is 11.5. The van der Waals surface area contributed by atoms with Crippen molar-refractivity contribution in [2.24, 2.45) is 23.2 Å². The number of carbonyl (C=O) groups excluding carboxylic acids is 1. The molecule has 5 aliphatic rings. The van der Waals surface area contributed by atoms with Gasteiger partial charge in [-0.3, -0.25) is 4.79 Å². The summed E-state index contributed by atoms with van der Waals surface area (Å²) < 4.78 is 12.0. The number of rotatable bonds is 1. The van der Waals surface area contributed by atoms with Gasteiger partial charge in [0.05, 0.1) is 13.2 Å². The van der Waals surface area contributed by atoms with Gasteiger partial charge >= 0.3 is 0 Å². The van der Waals surface area contributed by atoms with E-state index in [-0.39, 0.29) is 17.1 Å². The summed E-state index contributed by atoms with van der Waals surface area (Å²) in [7, 11) is 0. The molecule has 0 bridgehead atoms. The van der Waals surface area contributed by atoms with E-state index in [1.54, 1.807) is 23.6 Å². The molecule has 136 valence electrons. The van der Waals surface area contributed by atoms with Gasteiger partial charge in [-0.15, -0.1) is 0 Å². The standard InChI is InChI=1S/C22H30O3/c1-14(23)19-5-6-20-18-4-3-15-13-22(24-11-12-25-22)10-8-16(15)17(18)7-9-21(19,20)2/h7,18-20H,3-6,8-13H2,1-2H3/t18?,19?,20?,21-/m1/s1. The summed E-state index contributed by atoms with van der Waals surface area (Å²) in [6.45, 7) is 5.70. The number of hydrogen-bond donors (Lipinski definition) is 0. The van der Waals surface area contributed by atoms with Crippen molar-refractivity contribution in [2.75, 3.05) is 13.2 Å². The van der Waals surface area contributed by atoms with E-state index in [1.807, 2.05) is 0 Å². The lowest BCUT2D eigenvalue weighted by molar-refractivity contribution is -0.164. The highest BCUT2D eigenvalue weighted by molar-refractivity contribution is 5.79. The molecule has 4 atom stereocenters. The minimum atomic E-state index is -0.303. The number of ether oxygens (including phenoxy) is 2. The molecule has 1 aliphatic heterocycles. The largest absolute Gasteiger partial charge is 0.347 e. The first-order valence-corrected chi connectivity index (χ1v) is 10.2. The van der Waals surface area contributed by atoms with Crippen LogP contribution in [0.1, 0.15) is 65.2 Å². The maximum absolute atomic E-state index is 12.2. The lowest BCUT2D eigenvalue weighted by Crippen LogP contribution is -2.42. The fourth-order valence-electron chi connectivity index (χ4n) is 6.96. The molecular weight excluding hydrogens is 312 g/mol. The van der Waals surface area contributed by atoms with E-state index >= 15 is 0 Å². The molecule has 1 saturated heterocycles. The number of hydrogen-bond acceptors (Lipinski definition) is 3. The van der Waals surface area contributed by atoms with Crippen LogP contribution in [0.3, 0.4) is 0 Å². The Kier molecular flexibility index (Phi) is 3.60. The quantitative estimate of drug-likeness (QED) is 0.700. The second-order valence-corrected chi connectivity index (χ2v) is 9.23. The zero-order valence-corrected chi connectivity index (χ0v) is 15.6. The van der Waals surface area contributed by atoms with Gasteiger partial charge < -0.3 is 9.47 Å².